The van der Waals surface area contributed by atoms with Gasteiger partial charge in [0.1, 0.15) is 5.82 Å². The Morgan fingerprint density at radius 2 is 1.96 bits per heavy atom. The number of nitrogens with zero attached hydrogens (tertiary/aromatic N) is 2. The molecule has 1 atom stereocenters. The number of hydrogen-bond acceptors (Lipinski definition) is 3. The number of hydrogen-bond donors (Lipinski definition) is 1. The fraction of sp³-hybridized carbons (Fsp3) is 0.438. The van der Waals surface area contributed by atoms with Crippen molar-refractivity contribution < 1.29 is 23.9 Å². The number of aliphatic carboxylic acids is 1. The van der Waals surface area contributed by atoms with Crippen molar-refractivity contribution in [1.82, 2.24) is 9.80 Å². The van der Waals surface area contributed by atoms with E-state index in [0.29, 0.717) is 24.9 Å². The average molecular weight is 322 g/mol. The first-order valence-electron chi connectivity index (χ1n) is 7.40. The molecule has 0 aromatic heterocycles. The summed E-state index contributed by atoms with van der Waals surface area (Å²) in [6.07, 6.45) is 1.20. The third-order valence-electron chi connectivity index (χ3n) is 3.93. The third-order valence-corrected chi connectivity index (χ3v) is 3.93. The first kappa shape index (κ1) is 16.9. The minimum absolute atomic E-state index is 0.136. The van der Waals surface area contributed by atoms with Crippen molar-refractivity contribution in [3.63, 3.8) is 0 Å². The van der Waals surface area contributed by atoms with E-state index in [1.165, 1.54) is 41.1 Å². The Kier molecular flexibility index (Phi) is 5.31. The molecule has 1 fully saturated rings. The fourth-order valence-corrected chi connectivity index (χ4v) is 2.59. The quantitative estimate of drug-likeness (QED) is 0.904. The van der Waals surface area contributed by atoms with Gasteiger partial charge < -0.3 is 14.9 Å². The number of carboxylic acids is 1. The van der Waals surface area contributed by atoms with Crippen LogP contribution in [0.15, 0.2) is 24.3 Å². The maximum atomic E-state index is 12.9. The standard InChI is InChI=1S/C16H19FN2O4/c1-18(15(21)11-4-6-13(17)7-5-11)10-14(20)19-8-2-3-12(9-19)16(22)23/h4-7,12H,2-3,8-10H2,1H3,(H,22,23). The van der Waals surface area contributed by atoms with E-state index in [1.807, 2.05) is 0 Å². The highest BCUT2D eigenvalue weighted by atomic mass is 19.1. The van der Waals surface area contributed by atoms with Crippen LogP contribution >= 0.6 is 0 Å². The molecular formula is C16H19FN2O4. The summed E-state index contributed by atoms with van der Waals surface area (Å²) < 4.78 is 12.9. The number of likely N-dealkylation sites (tertiary alicyclic amines) is 1. The number of carbonyl (C=O) groups excluding carboxylic acids is 2. The molecule has 1 aromatic carbocycles. The molecule has 1 saturated heterocycles. The van der Waals surface area contributed by atoms with Gasteiger partial charge in [0, 0.05) is 25.7 Å². The molecule has 1 aliphatic heterocycles. The number of benzene rings is 1. The maximum Gasteiger partial charge on any atom is 0.308 e. The Morgan fingerprint density at radius 3 is 2.57 bits per heavy atom. The summed E-state index contributed by atoms with van der Waals surface area (Å²) in [6.45, 7) is 0.538. The lowest BCUT2D eigenvalue weighted by molar-refractivity contribution is -0.145. The molecule has 124 valence electrons. The van der Waals surface area contributed by atoms with Crippen molar-refractivity contribution in [2.75, 3.05) is 26.7 Å². The van der Waals surface area contributed by atoms with Crippen LogP contribution in [0.3, 0.4) is 0 Å². The number of likely N-dealkylation sites (N-methyl/N-ethyl adjacent to an activating group) is 1. The summed E-state index contributed by atoms with van der Waals surface area (Å²) in [5.74, 6) is -2.56. The van der Waals surface area contributed by atoms with Gasteiger partial charge in [-0.15, -0.1) is 0 Å². The minimum Gasteiger partial charge on any atom is -0.481 e. The van der Waals surface area contributed by atoms with E-state index < -0.39 is 17.7 Å². The van der Waals surface area contributed by atoms with E-state index in [1.54, 1.807) is 0 Å². The van der Waals surface area contributed by atoms with Crippen molar-refractivity contribution in [2.45, 2.75) is 12.8 Å². The highest BCUT2D eigenvalue weighted by Crippen LogP contribution is 2.17. The van der Waals surface area contributed by atoms with Gasteiger partial charge in [0.05, 0.1) is 12.5 Å². The highest BCUT2D eigenvalue weighted by molar-refractivity contribution is 5.96. The number of piperidine rings is 1. The number of amides is 2. The second-order valence-electron chi connectivity index (χ2n) is 5.69. The largest absolute Gasteiger partial charge is 0.481 e. The van der Waals surface area contributed by atoms with Gasteiger partial charge in [-0.25, -0.2) is 4.39 Å². The molecule has 6 nitrogen and oxygen atoms in total. The van der Waals surface area contributed by atoms with Crippen molar-refractivity contribution in [3.05, 3.63) is 35.6 Å². The number of carbonyl (C=O) groups is 3. The normalized spacial score (nSPS) is 17.7. The molecule has 0 aliphatic carbocycles. The topological polar surface area (TPSA) is 77.9 Å². The van der Waals surface area contributed by atoms with Gasteiger partial charge in [-0.1, -0.05) is 0 Å². The Labute approximate surface area is 133 Å². The van der Waals surface area contributed by atoms with E-state index in [-0.39, 0.29) is 24.9 Å². The zero-order valence-electron chi connectivity index (χ0n) is 12.9. The molecule has 23 heavy (non-hydrogen) atoms. The van der Waals surface area contributed by atoms with E-state index in [4.69, 9.17) is 5.11 Å². The summed E-state index contributed by atoms with van der Waals surface area (Å²) in [7, 11) is 1.49. The second kappa shape index (κ2) is 7.21. The van der Waals surface area contributed by atoms with Crippen LogP contribution in [0.4, 0.5) is 4.39 Å². The lowest BCUT2D eigenvalue weighted by atomic mass is 9.98. The predicted octanol–water partition coefficient (Wildman–Crippen LogP) is 1.22. The molecule has 0 bridgehead atoms. The molecule has 0 spiro atoms. The molecule has 7 heteroatoms. The average Bonchev–Trinajstić information content (AvgIpc) is 2.54. The van der Waals surface area contributed by atoms with Crippen LogP contribution in [-0.4, -0.2) is 59.4 Å². The Bertz CT molecular complexity index is 603. The SMILES string of the molecule is CN(CC(=O)N1CCCC(C(=O)O)C1)C(=O)c1ccc(F)cc1. The lowest BCUT2D eigenvalue weighted by Gasteiger charge is -2.32. The summed E-state index contributed by atoms with van der Waals surface area (Å²) in [5.41, 5.74) is 0.295. The molecule has 0 radical (unpaired) electrons. The maximum absolute atomic E-state index is 12.9. The molecule has 1 aromatic rings. The number of carboxylic acid groups (broad SMARTS) is 1. The van der Waals surface area contributed by atoms with Crippen LogP contribution in [-0.2, 0) is 9.59 Å². The van der Waals surface area contributed by atoms with E-state index in [0.717, 1.165) is 0 Å². The van der Waals surface area contributed by atoms with E-state index in [2.05, 4.69) is 0 Å². The summed E-state index contributed by atoms with van der Waals surface area (Å²) in [5, 5.41) is 9.05. The van der Waals surface area contributed by atoms with Gasteiger partial charge in [-0.05, 0) is 37.1 Å². The summed E-state index contributed by atoms with van der Waals surface area (Å²) in [6, 6.07) is 5.09. The molecular weight excluding hydrogens is 303 g/mol. The first-order chi connectivity index (χ1) is 10.9. The van der Waals surface area contributed by atoms with Crippen LogP contribution in [0.25, 0.3) is 0 Å². The Balaban J connectivity index is 1.95. The van der Waals surface area contributed by atoms with Gasteiger partial charge >= 0.3 is 5.97 Å². The minimum atomic E-state index is -0.904. The van der Waals surface area contributed by atoms with Gasteiger partial charge in [-0.3, -0.25) is 14.4 Å². The lowest BCUT2D eigenvalue weighted by Crippen LogP contribution is -2.46. The van der Waals surface area contributed by atoms with Gasteiger partial charge in [0.2, 0.25) is 5.91 Å². The molecule has 2 rings (SSSR count). The number of rotatable bonds is 4. The predicted molar refractivity (Wildman–Crippen MR) is 80.3 cm³/mol. The smallest absolute Gasteiger partial charge is 0.308 e. The van der Waals surface area contributed by atoms with Crippen molar-refractivity contribution in [2.24, 2.45) is 5.92 Å². The highest BCUT2D eigenvalue weighted by Gasteiger charge is 2.29. The molecule has 0 saturated carbocycles. The van der Waals surface area contributed by atoms with Gasteiger partial charge in [-0.2, -0.15) is 0 Å². The zero-order valence-corrected chi connectivity index (χ0v) is 12.9. The Morgan fingerprint density at radius 1 is 1.30 bits per heavy atom. The number of halogens is 1. The Hall–Kier alpha value is -2.44. The monoisotopic (exact) mass is 322 g/mol. The van der Waals surface area contributed by atoms with E-state index >= 15 is 0 Å². The molecule has 2 amide bonds. The molecule has 1 aliphatic rings. The first-order valence-corrected chi connectivity index (χ1v) is 7.40. The summed E-state index contributed by atoms with van der Waals surface area (Å²) >= 11 is 0. The van der Waals surface area contributed by atoms with Crippen molar-refractivity contribution in [3.8, 4) is 0 Å². The van der Waals surface area contributed by atoms with Crippen LogP contribution in [0.1, 0.15) is 23.2 Å². The van der Waals surface area contributed by atoms with Crippen LogP contribution in [0.2, 0.25) is 0 Å². The fourth-order valence-electron chi connectivity index (χ4n) is 2.59. The van der Waals surface area contributed by atoms with Crippen molar-refractivity contribution in [1.29, 1.82) is 0 Å². The molecule has 1 unspecified atom stereocenters. The second-order valence-corrected chi connectivity index (χ2v) is 5.69. The molecule has 1 N–H and O–H groups in total. The van der Waals surface area contributed by atoms with Crippen molar-refractivity contribution >= 4 is 17.8 Å². The van der Waals surface area contributed by atoms with Gasteiger partial charge in [0.25, 0.3) is 5.91 Å². The van der Waals surface area contributed by atoms with Crippen LogP contribution in [0, 0.1) is 11.7 Å². The van der Waals surface area contributed by atoms with Crippen LogP contribution < -0.4 is 0 Å². The van der Waals surface area contributed by atoms with Gasteiger partial charge in [0.15, 0.2) is 0 Å². The third kappa shape index (κ3) is 4.28. The zero-order chi connectivity index (χ0) is 17.0. The van der Waals surface area contributed by atoms with Crippen LogP contribution in [0.5, 0.6) is 0 Å². The molecule has 1 heterocycles. The van der Waals surface area contributed by atoms with E-state index in [9.17, 15) is 18.8 Å². The summed E-state index contributed by atoms with van der Waals surface area (Å²) in [4.78, 5) is 38.2.